The molecule has 0 fully saturated rings. The molecule has 88 valence electrons. The lowest BCUT2D eigenvalue weighted by Crippen LogP contribution is -2.08. The van der Waals surface area contributed by atoms with E-state index in [1.807, 2.05) is 26.0 Å². The van der Waals surface area contributed by atoms with Gasteiger partial charge in [0, 0.05) is 0 Å². The van der Waals surface area contributed by atoms with Gasteiger partial charge in [-0.05, 0) is 32.1 Å². The van der Waals surface area contributed by atoms with Crippen LogP contribution in [0.15, 0.2) is 60.7 Å². The van der Waals surface area contributed by atoms with E-state index >= 15 is 0 Å². The van der Waals surface area contributed by atoms with Gasteiger partial charge in [0.25, 0.3) is 0 Å². The lowest BCUT2D eigenvalue weighted by atomic mass is 10.2. The second-order valence-electron chi connectivity index (χ2n) is 3.91. The SMILES string of the molecule is C=C(C)/C=C\C(=C)C(=O)Oc1ccc(C)cc1. The van der Waals surface area contributed by atoms with Crippen molar-refractivity contribution in [1.82, 2.24) is 0 Å². The minimum atomic E-state index is -0.452. The van der Waals surface area contributed by atoms with Crippen LogP contribution in [-0.2, 0) is 4.79 Å². The maximum absolute atomic E-state index is 11.6. The molecule has 0 amide bonds. The van der Waals surface area contributed by atoms with Crippen molar-refractivity contribution in [3.8, 4) is 5.75 Å². The number of hydrogen-bond donors (Lipinski definition) is 0. The number of carbonyl (C=O) groups is 1. The molecule has 0 atom stereocenters. The van der Waals surface area contributed by atoms with E-state index in [2.05, 4.69) is 13.2 Å². The number of ether oxygens (including phenoxy) is 1. The zero-order valence-electron chi connectivity index (χ0n) is 10.2. The molecular weight excluding hydrogens is 212 g/mol. The number of benzene rings is 1. The summed E-state index contributed by atoms with van der Waals surface area (Å²) in [5.41, 5.74) is 2.27. The monoisotopic (exact) mass is 228 g/mol. The van der Waals surface area contributed by atoms with Crippen molar-refractivity contribution in [2.75, 3.05) is 0 Å². The summed E-state index contributed by atoms with van der Waals surface area (Å²) in [5, 5.41) is 0. The molecule has 1 aromatic rings. The molecule has 17 heavy (non-hydrogen) atoms. The minimum Gasteiger partial charge on any atom is -0.423 e. The summed E-state index contributed by atoms with van der Waals surface area (Å²) in [6, 6.07) is 7.27. The number of carbonyl (C=O) groups excluding carboxylic acids is 1. The van der Waals surface area contributed by atoms with Gasteiger partial charge in [-0.1, -0.05) is 42.5 Å². The first kappa shape index (κ1) is 13.0. The van der Waals surface area contributed by atoms with Crippen molar-refractivity contribution >= 4 is 5.97 Å². The molecule has 2 heteroatoms. The normalized spacial score (nSPS) is 10.2. The summed E-state index contributed by atoms with van der Waals surface area (Å²) < 4.78 is 5.14. The Hall–Kier alpha value is -2.09. The quantitative estimate of drug-likeness (QED) is 0.341. The Bertz CT molecular complexity index is 464. The van der Waals surface area contributed by atoms with E-state index in [1.165, 1.54) is 0 Å². The molecule has 0 aliphatic heterocycles. The van der Waals surface area contributed by atoms with E-state index in [1.54, 1.807) is 24.3 Å². The molecule has 0 N–H and O–H groups in total. The van der Waals surface area contributed by atoms with Gasteiger partial charge in [-0.2, -0.15) is 0 Å². The van der Waals surface area contributed by atoms with Gasteiger partial charge in [-0.15, -0.1) is 0 Å². The highest BCUT2D eigenvalue weighted by Gasteiger charge is 2.06. The van der Waals surface area contributed by atoms with E-state index in [4.69, 9.17) is 4.74 Å². The van der Waals surface area contributed by atoms with Gasteiger partial charge < -0.3 is 4.74 Å². The molecule has 1 aromatic carbocycles. The molecule has 0 spiro atoms. The minimum absolute atomic E-state index is 0.300. The fourth-order valence-electron chi connectivity index (χ4n) is 1.09. The highest BCUT2D eigenvalue weighted by molar-refractivity contribution is 5.92. The molecule has 2 nitrogen and oxygen atoms in total. The fourth-order valence-corrected chi connectivity index (χ4v) is 1.09. The second kappa shape index (κ2) is 5.85. The van der Waals surface area contributed by atoms with Crippen LogP contribution in [0, 0.1) is 6.92 Å². The standard InChI is InChI=1S/C15H16O2/c1-11(2)5-8-13(4)15(16)17-14-9-6-12(3)7-10-14/h5-10H,1,4H2,2-3H3/b8-5-. The average Bonchev–Trinajstić information content (AvgIpc) is 2.28. The van der Waals surface area contributed by atoms with Crippen molar-refractivity contribution in [1.29, 1.82) is 0 Å². The Morgan fingerprint density at radius 3 is 2.29 bits per heavy atom. The van der Waals surface area contributed by atoms with Crippen LogP contribution in [-0.4, -0.2) is 5.97 Å². The molecule has 0 aliphatic carbocycles. The molecule has 0 radical (unpaired) electrons. The smallest absolute Gasteiger partial charge is 0.342 e. The maximum atomic E-state index is 11.6. The summed E-state index contributed by atoms with van der Waals surface area (Å²) in [5.74, 6) is 0.0665. The molecule has 0 saturated heterocycles. The van der Waals surface area contributed by atoms with Crippen LogP contribution in [0.1, 0.15) is 12.5 Å². The van der Waals surface area contributed by atoms with E-state index in [0.717, 1.165) is 11.1 Å². The molecular formula is C15H16O2. The van der Waals surface area contributed by atoms with Gasteiger partial charge in [0.15, 0.2) is 0 Å². The summed E-state index contributed by atoms with van der Waals surface area (Å²) >= 11 is 0. The van der Waals surface area contributed by atoms with Gasteiger partial charge >= 0.3 is 5.97 Å². The Morgan fingerprint density at radius 2 is 1.76 bits per heavy atom. The van der Waals surface area contributed by atoms with Crippen molar-refractivity contribution in [2.24, 2.45) is 0 Å². The first-order valence-corrected chi connectivity index (χ1v) is 5.30. The van der Waals surface area contributed by atoms with Crippen molar-refractivity contribution in [2.45, 2.75) is 13.8 Å². The molecule has 0 unspecified atom stereocenters. The predicted molar refractivity (Wildman–Crippen MR) is 69.9 cm³/mol. The summed E-state index contributed by atoms with van der Waals surface area (Å²) in [6.07, 6.45) is 3.32. The van der Waals surface area contributed by atoms with E-state index in [-0.39, 0.29) is 0 Å². The second-order valence-corrected chi connectivity index (χ2v) is 3.91. The predicted octanol–water partition coefficient (Wildman–Crippen LogP) is 3.59. The van der Waals surface area contributed by atoms with Crippen molar-refractivity contribution < 1.29 is 9.53 Å². The molecule has 0 aliphatic rings. The third-order valence-corrected chi connectivity index (χ3v) is 2.06. The largest absolute Gasteiger partial charge is 0.423 e. The van der Waals surface area contributed by atoms with E-state index in [9.17, 15) is 4.79 Å². The Morgan fingerprint density at radius 1 is 1.18 bits per heavy atom. The molecule has 0 aromatic heterocycles. The van der Waals surface area contributed by atoms with E-state index in [0.29, 0.717) is 11.3 Å². The fraction of sp³-hybridized carbons (Fsp3) is 0.133. The number of rotatable bonds is 4. The van der Waals surface area contributed by atoms with Crippen molar-refractivity contribution in [3.05, 3.63) is 66.3 Å². The van der Waals surface area contributed by atoms with Crippen LogP contribution in [0.5, 0.6) is 5.75 Å². The first-order valence-electron chi connectivity index (χ1n) is 5.30. The van der Waals surface area contributed by atoms with Crippen LogP contribution in [0.3, 0.4) is 0 Å². The lowest BCUT2D eigenvalue weighted by molar-refractivity contribution is -0.129. The number of aryl methyl sites for hydroxylation is 1. The first-order chi connectivity index (χ1) is 7.99. The zero-order chi connectivity index (χ0) is 12.8. The highest BCUT2D eigenvalue weighted by atomic mass is 16.5. The maximum Gasteiger partial charge on any atom is 0.342 e. The number of esters is 1. The van der Waals surface area contributed by atoms with Crippen LogP contribution in [0.25, 0.3) is 0 Å². The highest BCUT2D eigenvalue weighted by Crippen LogP contribution is 2.13. The third-order valence-electron chi connectivity index (χ3n) is 2.06. The van der Waals surface area contributed by atoms with E-state index < -0.39 is 5.97 Å². The molecule has 0 bridgehead atoms. The topological polar surface area (TPSA) is 26.3 Å². The van der Waals surface area contributed by atoms with Gasteiger partial charge in [0.1, 0.15) is 5.75 Å². The zero-order valence-corrected chi connectivity index (χ0v) is 10.2. The molecule has 1 rings (SSSR count). The van der Waals surface area contributed by atoms with Gasteiger partial charge in [0.2, 0.25) is 0 Å². The lowest BCUT2D eigenvalue weighted by Gasteiger charge is -2.04. The number of hydrogen-bond acceptors (Lipinski definition) is 2. The van der Waals surface area contributed by atoms with Gasteiger partial charge in [-0.25, -0.2) is 4.79 Å². The van der Waals surface area contributed by atoms with Gasteiger partial charge in [0.05, 0.1) is 5.57 Å². The summed E-state index contributed by atoms with van der Waals surface area (Å²) in [6.45, 7) is 11.2. The summed E-state index contributed by atoms with van der Waals surface area (Å²) in [4.78, 5) is 11.6. The average molecular weight is 228 g/mol. The Kier molecular flexibility index (Phi) is 4.46. The van der Waals surface area contributed by atoms with Crippen LogP contribution < -0.4 is 4.74 Å². The number of allylic oxidation sites excluding steroid dienone is 2. The van der Waals surface area contributed by atoms with Gasteiger partial charge in [-0.3, -0.25) is 0 Å². The van der Waals surface area contributed by atoms with Crippen molar-refractivity contribution in [3.63, 3.8) is 0 Å². The third kappa shape index (κ3) is 4.51. The molecule has 0 heterocycles. The van der Waals surface area contributed by atoms with Crippen LogP contribution >= 0.6 is 0 Å². The molecule has 0 saturated carbocycles. The van der Waals surface area contributed by atoms with Crippen LogP contribution in [0.2, 0.25) is 0 Å². The summed E-state index contributed by atoms with van der Waals surface area (Å²) in [7, 11) is 0. The Balaban J connectivity index is 2.63. The van der Waals surface area contributed by atoms with Crippen LogP contribution in [0.4, 0.5) is 0 Å². The Labute approximate surface area is 102 Å².